The number of nitrogens with zero attached hydrogens (tertiary/aromatic N) is 1. The number of hydrogen-bond acceptors (Lipinski definition) is 3. The van der Waals surface area contributed by atoms with Gasteiger partial charge in [0.15, 0.2) is 0 Å². The number of nitrogens with one attached hydrogen (secondary N) is 2. The van der Waals surface area contributed by atoms with E-state index in [1.807, 2.05) is 14.0 Å². The Kier molecular flexibility index (Phi) is 6.65. The molecule has 2 N–H and O–H groups in total. The highest BCUT2D eigenvalue weighted by atomic mass is 16.2. The van der Waals surface area contributed by atoms with Crippen molar-refractivity contribution in [3.63, 3.8) is 0 Å². The van der Waals surface area contributed by atoms with Crippen molar-refractivity contribution in [1.29, 1.82) is 0 Å². The number of carbonyl (C=O) groups excluding carboxylic acids is 1. The Balaban J connectivity index is 2.23. The lowest BCUT2D eigenvalue weighted by molar-refractivity contribution is -0.125. The van der Waals surface area contributed by atoms with E-state index in [1.165, 1.54) is 12.8 Å². The number of carbonyl (C=O) groups is 1. The standard InChI is InChI=1S/C14H29N3O/c1-11(2)7-9-16-14(18)12(3)17(4)10-13-6-5-8-15-13/h11-13,15H,5-10H2,1-4H3,(H,16,18). The van der Waals surface area contributed by atoms with E-state index < -0.39 is 0 Å². The molecule has 1 fully saturated rings. The molecule has 0 aromatic rings. The molecule has 1 aliphatic rings. The van der Waals surface area contributed by atoms with Gasteiger partial charge in [-0.15, -0.1) is 0 Å². The summed E-state index contributed by atoms with van der Waals surface area (Å²) < 4.78 is 0. The molecule has 4 nitrogen and oxygen atoms in total. The average molecular weight is 255 g/mol. The lowest BCUT2D eigenvalue weighted by Gasteiger charge is -2.26. The third-order valence-corrected chi connectivity index (χ3v) is 3.73. The first kappa shape index (κ1) is 15.4. The third kappa shape index (κ3) is 5.36. The van der Waals surface area contributed by atoms with Gasteiger partial charge in [-0.05, 0) is 45.7 Å². The van der Waals surface area contributed by atoms with Crippen LogP contribution in [0.15, 0.2) is 0 Å². The van der Waals surface area contributed by atoms with Crippen LogP contribution < -0.4 is 10.6 Å². The van der Waals surface area contributed by atoms with E-state index in [9.17, 15) is 4.79 Å². The van der Waals surface area contributed by atoms with Gasteiger partial charge in [0, 0.05) is 19.1 Å². The lowest BCUT2D eigenvalue weighted by Crippen LogP contribution is -2.47. The smallest absolute Gasteiger partial charge is 0.237 e. The molecule has 0 radical (unpaired) electrons. The van der Waals surface area contributed by atoms with E-state index in [4.69, 9.17) is 0 Å². The Bertz CT molecular complexity index is 249. The Morgan fingerprint density at radius 1 is 1.44 bits per heavy atom. The molecule has 106 valence electrons. The van der Waals surface area contributed by atoms with Crippen molar-refractivity contribution < 1.29 is 4.79 Å². The maximum atomic E-state index is 12.0. The molecule has 0 aromatic carbocycles. The van der Waals surface area contributed by atoms with Gasteiger partial charge in [0.1, 0.15) is 0 Å². The van der Waals surface area contributed by atoms with E-state index in [2.05, 4.69) is 29.4 Å². The molecular weight excluding hydrogens is 226 g/mol. The van der Waals surface area contributed by atoms with E-state index in [0.29, 0.717) is 12.0 Å². The molecule has 4 heteroatoms. The summed E-state index contributed by atoms with van der Waals surface area (Å²) in [7, 11) is 2.03. The second kappa shape index (κ2) is 7.74. The summed E-state index contributed by atoms with van der Waals surface area (Å²) in [6.07, 6.45) is 3.53. The Morgan fingerprint density at radius 3 is 2.72 bits per heavy atom. The van der Waals surface area contributed by atoms with Gasteiger partial charge >= 0.3 is 0 Å². The van der Waals surface area contributed by atoms with Crippen molar-refractivity contribution in [2.24, 2.45) is 5.92 Å². The van der Waals surface area contributed by atoms with E-state index in [1.54, 1.807) is 0 Å². The van der Waals surface area contributed by atoms with Crippen molar-refractivity contribution in [1.82, 2.24) is 15.5 Å². The highest BCUT2D eigenvalue weighted by Gasteiger charge is 2.22. The first-order chi connectivity index (χ1) is 8.50. The lowest BCUT2D eigenvalue weighted by atomic mass is 10.1. The molecule has 2 unspecified atom stereocenters. The minimum Gasteiger partial charge on any atom is -0.355 e. The summed E-state index contributed by atoms with van der Waals surface area (Å²) in [5, 5.41) is 6.48. The summed E-state index contributed by atoms with van der Waals surface area (Å²) in [4.78, 5) is 14.1. The molecular formula is C14H29N3O. The predicted octanol–water partition coefficient (Wildman–Crippen LogP) is 1.22. The molecule has 0 bridgehead atoms. The second-order valence-electron chi connectivity index (χ2n) is 5.88. The molecule has 2 atom stereocenters. The topological polar surface area (TPSA) is 44.4 Å². The normalized spacial score (nSPS) is 21.6. The van der Waals surface area contributed by atoms with Crippen LogP contribution in [0, 0.1) is 5.92 Å². The van der Waals surface area contributed by atoms with E-state index in [0.717, 1.165) is 26.1 Å². The first-order valence-corrected chi connectivity index (χ1v) is 7.22. The Hall–Kier alpha value is -0.610. The zero-order valence-corrected chi connectivity index (χ0v) is 12.3. The molecule has 0 saturated carbocycles. The zero-order valence-electron chi connectivity index (χ0n) is 12.3. The van der Waals surface area contributed by atoms with Gasteiger partial charge in [0.05, 0.1) is 6.04 Å². The first-order valence-electron chi connectivity index (χ1n) is 7.22. The fourth-order valence-corrected chi connectivity index (χ4v) is 2.25. The third-order valence-electron chi connectivity index (χ3n) is 3.73. The van der Waals surface area contributed by atoms with E-state index >= 15 is 0 Å². The van der Waals surface area contributed by atoms with Gasteiger partial charge in [0.2, 0.25) is 5.91 Å². The van der Waals surface area contributed by atoms with Crippen LogP contribution in [0.5, 0.6) is 0 Å². The number of likely N-dealkylation sites (N-methyl/N-ethyl adjacent to an activating group) is 1. The van der Waals surface area contributed by atoms with Crippen molar-refractivity contribution >= 4 is 5.91 Å². The fourth-order valence-electron chi connectivity index (χ4n) is 2.25. The maximum absolute atomic E-state index is 12.0. The van der Waals surface area contributed by atoms with Crippen molar-refractivity contribution in [3.05, 3.63) is 0 Å². The largest absolute Gasteiger partial charge is 0.355 e. The highest BCUT2D eigenvalue weighted by molar-refractivity contribution is 5.81. The van der Waals surface area contributed by atoms with Crippen LogP contribution in [0.25, 0.3) is 0 Å². The van der Waals surface area contributed by atoms with E-state index in [-0.39, 0.29) is 11.9 Å². The summed E-state index contributed by atoms with van der Waals surface area (Å²) in [5.74, 6) is 0.789. The average Bonchev–Trinajstić information content (AvgIpc) is 2.80. The van der Waals surface area contributed by atoms with Crippen molar-refractivity contribution in [2.45, 2.75) is 52.1 Å². The molecule has 0 spiro atoms. The minimum atomic E-state index is -0.0421. The van der Waals surface area contributed by atoms with Gasteiger partial charge in [-0.1, -0.05) is 13.8 Å². The fraction of sp³-hybridized carbons (Fsp3) is 0.929. The second-order valence-corrected chi connectivity index (χ2v) is 5.88. The van der Waals surface area contributed by atoms with Crippen LogP contribution >= 0.6 is 0 Å². The minimum absolute atomic E-state index is 0.0421. The van der Waals surface area contributed by atoms with Crippen LogP contribution in [0.4, 0.5) is 0 Å². The number of hydrogen-bond donors (Lipinski definition) is 2. The molecule has 1 aliphatic heterocycles. The summed E-state index contributed by atoms with van der Waals surface area (Å²) in [6.45, 7) is 9.20. The molecule has 1 rings (SSSR count). The van der Waals surface area contributed by atoms with Gasteiger partial charge in [0.25, 0.3) is 0 Å². The monoisotopic (exact) mass is 255 g/mol. The zero-order chi connectivity index (χ0) is 13.5. The van der Waals surface area contributed by atoms with Gasteiger partial charge in [-0.3, -0.25) is 9.69 Å². The predicted molar refractivity (Wildman–Crippen MR) is 75.6 cm³/mol. The number of amides is 1. The number of rotatable bonds is 7. The molecule has 18 heavy (non-hydrogen) atoms. The van der Waals surface area contributed by atoms with Gasteiger partial charge in [-0.2, -0.15) is 0 Å². The van der Waals surface area contributed by atoms with Crippen LogP contribution in [-0.4, -0.2) is 49.6 Å². The van der Waals surface area contributed by atoms with Crippen LogP contribution in [0.1, 0.15) is 40.0 Å². The Morgan fingerprint density at radius 2 is 2.17 bits per heavy atom. The van der Waals surface area contributed by atoms with Gasteiger partial charge in [-0.25, -0.2) is 0 Å². The van der Waals surface area contributed by atoms with Crippen molar-refractivity contribution in [2.75, 3.05) is 26.7 Å². The molecule has 0 aliphatic carbocycles. The molecule has 1 amide bonds. The van der Waals surface area contributed by atoms with Crippen LogP contribution in [0.2, 0.25) is 0 Å². The quantitative estimate of drug-likeness (QED) is 0.719. The summed E-state index contributed by atoms with van der Waals surface area (Å²) in [6, 6.07) is 0.514. The van der Waals surface area contributed by atoms with Crippen molar-refractivity contribution in [3.8, 4) is 0 Å². The molecule has 0 aromatic heterocycles. The molecule has 1 heterocycles. The van der Waals surface area contributed by atoms with Crippen LogP contribution in [-0.2, 0) is 4.79 Å². The van der Waals surface area contributed by atoms with Gasteiger partial charge < -0.3 is 10.6 Å². The maximum Gasteiger partial charge on any atom is 0.237 e. The molecule has 1 saturated heterocycles. The summed E-state index contributed by atoms with van der Waals surface area (Å²) in [5.41, 5.74) is 0. The van der Waals surface area contributed by atoms with Crippen LogP contribution in [0.3, 0.4) is 0 Å². The SMILES string of the molecule is CC(C)CCNC(=O)C(C)N(C)CC1CCCN1. The highest BCUT2D eigenvalue weighted by Crippen LogP contribution is 2.08. The Labute approximate surface area is 111 Å². The summed E-state index contributed by atoms with van der Waals surface area (Å²) >= 11 is 0.